The molecule has 1 fully saturated rings. The van der Waals surface area contributed by atoms with Gasteiger partial charge in [0.05, 0.1) is 11.3 Å². The number of ether oxygens (including phenoxy) is 1. The van der Waals surface area contributed by atoms with E-state index in [4.69, 9.17) is 9.72 Å². The lowest BCUT2D eigenvalue weighted by Crippen LogP contribution is -2.25. The van der Waals surface area contributed by atoms with E-state index < -0.39 is 0 Å². The maximum Gasteiger partial charge on any atom is 0.253 e. The number of aryl methyl sites for hydroxylation is 1. The monoisotopic (exact) mass is 400 g/mol. The molecule has 0 saturated heterocycles. The summed E-state index contributed by atoms with van der Waals surface area (Å²) in [4.78, 5) is 25.9. The summed E-state index contributed by atoms with van der Waals surface area (Å²) in [6, 6.07) is 10.00. The lowest BCUT2D eigenvalue weighted by atomic mass is 9.89. The first-order chi connectivity index (χ1) is 14.8. The Morgan fingerprint density at radius 2 is 2.03 bits per heavy atom. The highest BCUT2D eigenvalue weighted by atomic mass is 16.5. The van der Waals surface area contributed by atoms with Gasteiger partial charge in [-0.2, -0.15) is 0 Å². The van der Waals surface area contributed by atoms with Gasteiger partial charge in [0.2, 0.25) is 5.88 Å². The zero-order valence-corrected chi connectivity index (χ0v) is 16.8. The van der Waals surface area contributed by atoms with Gasteiger partial charge in [-0.3, -0.25) is 14.8 Å². The Morgan fingerprint density at radius 1 is 1.13 bits per heavy atom. The normalized spacial score (nSPS) is 15.3. The van der Waals surface area contributed by atoms with Gasteiger partial charge in [0.1, 0.15) is 6.61 Å². The predicted molar refractivity (Wildman–Crippen MR) is 113 cm³/mol. The number of hydrogen-bond donors (Lipinski definition) is 1. The number of rotatable bonds is 6. The fourth-order valence-corrected chi connectivity index (χ4v) is 3.85. The summed E-state index contributed by atoms with van der Waals surface area (Å²) in [7, 11) is 0. The largest absolute Gasteiger partial charge is 0.471 e. The molecular formula is C24H24N4O2. The standard InChI is InChI=1S/C24H24N4O2/c29-24(27-18-8-9-18)17-11-16(13-25-14-17)21-12-23(28-22-7-2-1-6-20(21)22)30-15-19-5-3-4-10-26-19/h3-5,10-14,18H,1-2,6-9,15H2,(H,27,29). The van der Waals surface area contributed by atoms with E-state index in [0.717, 1.165) is 61.0 Å². The van der Waals surface area contributed by atoms with Crippen molar-refractivity contribution in [3.63, 3.8) is 0 Å². The molecule has 5 rings (SSSR count). The van der Waals surface area contributed by atoms with Gasteiger partial charge in [0.25, 0.3) is 5.91 Å². The summed E-state index contributed by atoms with van der Waals surface area (Å²) < 4.78 is 5.99. The maximum atomic E-state index is 12.5. The summed E-state index contributed by atoms with van der Waals surface area (Å²) in [6.45, 7) is 0.369. The molecule has 0 aromatic carbocycles. The van der Waals surface area contributed by atoms with Crippen LogP contribution in [0.3, 0.4) is 0 Å². The van der Waals surface area contributed by atoms with Gasteiger partial charge in [-0.25, -0.2) is 4.98 Å². The summed E-state index contributed by atoms with van der Waals surface area (Å²) in [5.74, 6) is 0.533. The number of carbonyl (C=O) groups excluding carboxylic acids is 1. The second-order valence-corrected chi connectivity index (χ2v) is 7.96. The van der Waals surface area contributed by atoms with Crippen LogP contribution in [-0.4, -0.2) is 26.9 Å². The van der Waals surface area contributed by atoms with Crippen molar-refractivity contribution >= 4 is 5.91 Å². The van der Waals surface area contributed by atoms with Crippen LogP contribution in [0.5, 0.6) is 5.88 Å². The number of aromatic nitrogens is 3. The van der Waals surface area contributed by atoms with Gasteiger partial charge in [-0.15, -0.1) is 0 Å². The second-order valence-electron chi connectivity index (χ2n) is 7.96. The van der Waals surface area contributed by atoms with Crippen molar-refractivity contribution in [1.82, 2.24) is 20.3 Å². The van der Waals surface area contributed by atoms with Crippen LogP contribution in [0.1, 0.15) is 53.0 Å². The number of hydrogen-bond acceptors (Lipinski definition) is 5. The van der Waals surface area contributed by atoms with Gasteiger partial charge in [0, 0.05) is 42.0 Å². The van der Waals surface area contributed by atoms with Crippen LogP contribution in [0.15, 0.2) is 48.9 Å². The molecular weight excluding hydrogens is 376 g/mol. The van der Waals surface area contributed by atoms with Crippen molar-refractivity contribution in [2.45, 2.75) is 51.2 Å². The van der Waals surface area contributed by atoms with Crippen LogP contribution in [0.25, 0.3) is 11.1 Å². The zero-order valence-electron chi connectivity index (χ0n) is 16.8. The quantitative estimate of drug-likeness (QED) is 0.679. The number of nitrogens with zero attached hydrogens (tertiary/aromatic N) is 3. The van der Waals surface area contributed by atoms with Crippen LogP contribution >= 0.6 is 0 Å². The van der Waals surface area contributed by atoms with Gasteiger partial charge in [-0.05, 0) is 67.9 Å². The molecule has 30 heavy (non-hydrogen) atoms. The molecule has 0 radical (unpaired) electrons. The van der Waals surface area contributed by atoms with E-state index in [-0.39, 0.29) is 5.91 Å². The first-order valence-electron chi connectivity index (χ1n) is 10.6. The number of amides is 1. The van der Waals surface area contributed by atoms with Crippen molar-refractivity contribution in [2.75, 3.05) is 0 Å². The van der Waals surface area contributed by atoms with Crippen molar-refractivity contribution in [3.8, 4) is 17.0 Å². The van der Waals surface area contributed by atoms with E-state index in [1.807, 2.05) is 36.5 Å². The number of pyridine rings is 3. The highest BCUT2D eigenvalue weighted by molar-refractivity contribution is 5.95. The second kappa shape index (κ2) is 8.22. The number of carbonyl (C=O) groups is 1. The fourth-order valence-electron chi connectivity index (χ4n) is 3.85. The van der Waals surface area contributed by atoms with Gasteiger partial charge < -0.3 is 10.1 Å². The van der Waals surface area contributed by atoms with Gasteiger partial charge >= 0.3 is 0 Å². The molecule has 2 aliphatic carbocycles. The van der Waals surface area contributed by atoms with E-state index in [9.17, 15) is 4.79 Å². The molecule has 152 valence electrons. The molecule has 3 heterocycles. The number of nitrogens with one attached hydrogen (secondary N) is 1. The molecule has 1 saturated carbocycles. The van der Waals surface area contributed by atoms with Crippen molar-refractivity contribution in [3.05, 3.63) is 71.4 Å². The van der Waals surface area contributed by atoms with Crippen molar-refractivity contribution in [2.24, 2.45) is 0 Å². The molecule has 6 nitrogen and oxygen atoms in total. The Balaban J connectivity index is 1.46. The predicted octanol–water partition coefficient (Wildman–Crippen LogP) is 3.89. The van der Waals surface area contributed by atoms with E-state index in [0.29, 0.717) is 24.1 Å². The smallest absolute Gasteiger partial charge is 0.253 e. The van der Waals surface area contributed by atoms with E-state index in [1.54, 1.807) is 12.4 Å². The molecule has 0 aliphatic heterocycles. The Labute approximate surface area is 175 Å². The molecule has 6 heteroatoms. The van der Waals surface area contributed by atoms with Crippen molar-refractivity contribution < 1.29 is 9.53 Å². The lowest BCUT2D eigenvalue weighted by molar-refractivity contribution is 0.0950. The first kappa shape index (κ1) is 18.7. The van der Waals surface area contributed by atoms with Gasteiger partial charge in [0.15, 0.2) is 0 Å². The van der Waals surface area contributed by atoms with Crippen LogP contribution in [0, 0.1) is 0 Å². The van der Waals surface area contributed by atoms with Gasteiger partial charge in [-0.1, -0.05) is 6.07 Å². The van der Waals surface area contributed by atoms with Crippen LogP contribution in [0.4, 0.5) is 0 Å². The van der Waals surface area contributed by atoms with E-state index in [1.165, 1.54) is 5.56 Å². The Kier molecular flexibility index (Phi) is 5.13. The van der Waals surface area contributed by atoms with E-state index in [2.05, 4.69) is 15.3 Å². The molecule has 3 aromatic heterocycles. The average Bonchev–Trinajstić information content (AvgIpc) is 3.62. The SMILES string of the molecule is O=C(NC1CC1)c1cncc(-c2cc(OCc3ccccn3)nc3c2CCCC3)c1. The maximum absolute atomic E-state index is 12.5. The minimum atomic E-state index is -0.0543. The molecule has 0 bridgehead atoms. The molecule has 1 amide bonds. The molecule has 3 aromatic rings. The fraction of sp³-hybridized carbons (Fsp3) is 0.333. The summed E-state index contributed by atoms with van der Waals surface area (Å²) >= 11 is 0. The average molecular weight is 400 g/mol. The molecule has 2 aliphatic rings. The van der Waals surface area contributed by atoms with Crippen LogP contribution in [0.2, 0.25) is 0 Å². The minimum absolute atomic E-state index is 0.0543. The lowest BCUT2D eigenvalue weighted by Gasteiger charge is -2.20. The third kappa shape index (κ3) is 4.17. The highest BCUT2D eigenvalue weighted by Gasteiger charge is 2.24. The highest BCUT2D eigenvalue weighted by Crippen LogP contribution is 2.34. The summed E-state index contributed by atoms with van der Waals surface area (Å²) in [6.07, 6.45) is 11.5. The van der Waals surface area contributed by atoms with Crippen molar-refractivity contribution in [1.29, 1.82) is 0 Å². The number of fused-ring (bicyclic) bond motifs is 1. The summed E-state index contributed by atoms with van der Waals surface area (Å²) in [5, 5.41) is 3.04. The summed E-state index contributed by atoms with van der Waals surface area (Å²) in [5.41, 5.74) is 5.78. The Morgan fingerprint density at radius 3 is 2.87 bits per heavy atom. The Bertz CT molecular complexity index is 1060. The van der Waals surface area contributed by atoms with E-state index >= 15 is 0 Å². The van der Waals surface area contributed by atoms with Crippen LogP contribution < -0.4 is 10.1 Å². The van der Waals surface area contributed by atoms with Crippen LogP contribution in [-0.2, 0) is 19.4 Å². The molecule has 0 atom stereocenters. The molecule has 0 unspecified atom stereocenters. The minimum Gasteiger partial charge on any atom is -0.471 e. The third-order valence-corrected chi connectivity index (χ3v) is 5.59. The molecule has 0 spiro atoms. The molecule has 1 N–H and O–H groups in total. The zero-order chi connectivity index (χ0) is 20.3. The third-order valence-electron chi connectivity index (χ3n) is 5.59. The first-order valence-corrected chi connectivity index (χ1v) is 10.6. The topological polar surface area (TPSA) is 77.0 Å². The Hall–Kier alpha value is -3.28.